The number of fused-ring (bicyclic) bond motifs is 4. The highest BCUT2D eigenvalue weighted by Crippen LogP contribution is 2.42. The molecule has 1 saturated heterocycles. The Kier molecular flexibility index (Phi) is 4.71. The van der Waals surface area contributed by atoms with Crippen LogP contribution >= 0.6 is 0 Å². The summed E-state index contributed by atoms with van der Waals surface area (Å²) in [5.74, 6) is 0.201. The van der Waals surface area contributed by atoms with Gasteiger partial charge < -0.3 is 14.3 Å². The van der Waals surface area contributed by atoms with Gasteiger partial charge in [0.15, 0.2) is 6.23 Å². The molecule has 2 aliphatic rings. The molecule has 0 amide bonds. The molecule has 0 radical (unpaired) electrons. The van der Waals surface area contributed by atoms with Crippen LogP contribution in [0.1, 0.15) is 32.1 Å². The predicted octanol–water partition coefficient (Wildman–Crippen LogP) is 4.81. The number of hydrogen-bond acceptors (Lipinski definition) is 5. The zero-order valence-corrected chi connectivity index (χ0v) is 17.2. The second-order valence-corrected chi connectivity index (χ2v) is 10.0. The molecule has 1 saturated carbocycles. The highest BCUT2D eigenvalue weighted by atomic mass is 32.2. The van der Waals surface area contributed by atoms with Gasteiger partial charge in [0, 0.05) is 23.2 Å². The number of furan rings is 1. The minimum absolute atomic E-state index is 0.100. The summed E-state index contributed by atoms with van der Waals surface area (Å²) in [5.41, 5.74) is 1.30. The molecule has 0 spiro atoms. The van der Waals surface area contributed by atoms with Crippen LogP contribution in [0.4, 0.5) is 4.79 Å². The monoisotopic (exact) mass is 429 g/mol. The van der Waals surface area contributed by atoms with Crippen LogP contribution in [0.15, 0.2) is 51.8 Å². The van der Waals surface area contributed by atoms with Gasteiger partial charge in [-0.05, 0) is 49.4 Å². The van der Waals surface area contributed by atoms with E-state index in [0.29, 0.717) is 17.1 Å². The van der Waals surface area contributed by atoms with Crippen molar-refractivity contribution in [3.8, 4) is 0 Å². The molecule has 2 fully saturated rings. The van der Waals surface area contributed by atoms with Crippen molar-refractivity contribution >= 4 is 38.1 Å². The lowest BCUT2D eigenvalue weighted by Gasteiger charge is -2.45. The maximum Gasteiger partial charge on any atom is 0.507 e. The fourth-order valence-electron chi connectivity index (χ4n) is 5.11. The SMILES string of the molecule is O=C(O)OC1C2CCCCC2CCN1S(=O)(=O)c1ccc2oc3ccccc3c2c1. The summed E-state index contributed by atoms with van der Waals surface area (Å²) in [6.07, 6.45) is 2.12. The molecule has 3 atom stereocenters. The summed E-state index contributed by atoms with van der Waals surface area (Å²) in [6.45, 7) is 0.256. The molecule has 158 valence electrons. The van der Waals surface area contributed by atoms with Crippen molar-refractivity contribution in [1.82, 2.24) is 4.31 Å². The third kappa shape index (κ3) is 3.15. The van der Waals surface area contributed by atoms with E-state index in [1.54, 1.807) is 12.1 Å². The lowest BCUT2D eigenvalue weighted by molar-refractivity contribution is -0.0819. The number of benzene rings is 2. The van der Waals surface area contributed by atoms with Gasteiger partial charge in [-0.3, -0.25) is 0 Å². The van der Waals surface area contributed by atoms with Gasteiger partial charge in [-0.1, -0.05) is 31.0 Å². The van der Waals surface area contributed by atoms with Gasteiger partial charge in [0.2, 0.25) is 10.0 Å². The molecule has 3 unspecified atom stereocenters. The Morgan fingerprint density at radius 2 is 1.80 bits per heavy atom. The molecule has 1 N–H and O–H groups in total. The van der Waals surface area contributed by atoms with E-state index in [-0.39, 0.29) is 17.4 Å². The summed E-state index contributed by atoms with van der Waals surface area (Å²) in [4.78, 5) is 11.5. The van der Waals surface area contributed by atoms with Crippen LogP contribution < -0.4 is 0 Å². The largest absolute Gasteiger partial charge is 0.507 e. The van der Waals surface area contributed by atoms with E-state index in [4.69, 9.17) is 9.15 Å². The van der Waals surface area contributed by atoms with Crippen LogP contribution in [-0.2, 0) is 14.8 Å². The molecule has 2 aromatic carbocycles. The van der Waals surface area contributed by atoms with Crippen molar-refractivity contribution in [1.29, 1.82) is 0 Å². The highest BCUT2D eigenvalue weighted by Gasteiger charge is 2.46. The standard InChI is InChI=1S/C22H23NO6S/c24-22(25)29-21-16-6-2-1-5-14(16)11-12-23(21)30(26,27)15-9-10-20-18(13-15)17-7-3-4-8-19(17)28-20/h3-4,7-10,13-14,16,21H,1-2,5-6,11-12H2,(H,24,25). The quantitative estimate of drug-likeness (QED) is 0.600. The lowest BCUT2D eigenvalue weighted by Crippen LogP contribution is -2.54. The molecule has 0 bridgehead atoms. The third-order valence-electron chi connectivity index (χ3n) is 6.51. The van der Waals surface area contributed by atoms with E-state index >= 15 is 0 Å². The van der Waals surface area contributed by atoms with Crippen LogP contribution in [0.3, 0.4) is 0 Å². The number of rotatable bonds is 3. The minimum Gasteiger partial charge on any atom is -0.456 e. The predicted molar refractivity (Wildman–Crippen MR) is 111 cm³/mol. The number of para-hydroxylation sites is 1. The molecule has 5 rings (SSSR count). The topological polar surface area (TPSA) is 97.0 Å². The van der Waals surface area contributed by atoms with Crippen LogP contribution in [0.25, 0.3) is 21.9 Å². The van der Waals surface area contributed by atoms with E-state index in [1.807, 2.05) is 24.3 Å². The summed E-state index contributed by atoms with van der Waals surface area (Å²) in [6, 6.07) is 12.3. The molecule has 2 heterocycles. The Morgan fingerprint density at radius 1 is 1.03 bits per heavy atom. The van der Waals surface area contributed by atoms with E-state index in [1.165, 1.54) is 10.4 Å². The second kappa shape index (κ2) is 7.28. The van der Waals surface area contributed by atoms with Gasteiger partial charge in [-0.15, -0.1) is 0 Å². The van der Waals surface area contributed by atoms with Gasteiger partial charge in [0.1, 0.15) is 11.2 Å². The maximum atomic E-state index is 13.6. The summed E-state index contributed by atoms with van der Waals surface area (Å²) >= 11 is 0. The average molecular weight is 429 g/mol. The Balaban J connectivity index is 1.57. The number of sulfonamides is 1. The van der Waals surface area contributed by atoms with Crippen LogP contribution in [0.5, 0.6) is 0 Å². The van der Waals surface area contributed by atoms with E-state index in [9.17, 15) is 18.3 Å². The molecular formula is C22H23NO6S. The van der Waals surface area contributed by atoms with Crippen molar-refractivity contribution in [3.63, 3.8) is 0 Å². The van der Waals surface area contributed by atoms with Crippen molar-refractivity contribution < 1.29 is 27.5 Å². The Bertz CT molecular complexity index is 1220. The molecule has 8 heteroatoms. The smallest absolute Gasteiger partial charge is 0.456 e. The van der Waals surface area contributed by atoms with Crippen molar-refractivity contribution in [2.75, 3.05) is 6.54 Å². The Hall–Kier alpha value is -2.58. The van der Waals surface area contributed by atoms with Crippen molar-refractivity contribution in [3.05, 3.63) is 42.5 Å². The normalized spacial score (nSPS) is 25.3. The zero-order valence-electron chi connectivity index (χ0n) is 16.4. The van der Waals surface area contributed by atoms with Crippen LogP contribution in [0.2, 0.25) is 0 Å². The van der Waals surface area contributed by atoms with E-state index < -0.39 is 22.4 Å². The third-order valence-corrected chi connectivity index (χ3v) is 8.37. The van der Waals surface area contributed by atoms with Gasteiger partial charge in [0.25, 0.3) is 0 Å². The van der Waals surface area contributed by atoms with Crippen molar-refractivity contribution in [2.24, 2.45) is 11.8 Å². The van der Waals surface area contributed by atoms with Crippen LogP contribution in [-0.4, -0.2) is 36.8 Å². The molecule has 1 aliphatic heterocycles. The first-order valence-electron chi connectivity index (χ1n) is 10.3. The fraction of sp³-hybridized carbons (Fsp3) is 0.409. The van der Waals surface area contributed by atoms with Gasteiger partial charge in [0.05, 0.1) is 4.90 Å². The number of hydrogen-bond donors (Lipinski definition) is 1. The second-order valence-electron chi connectivity index (χ2n) is 8.14. The zero-order chi connectivity index (χ0) is 20.9. The molecule has 7 nitrogen and oxygen atoms in total. The van der Waals surface area contributed by atoms with Gasteiger partial charge in [-0.2, -0.15) is 4.31 Å². The van der Waals surface area contributed by atoms with Gasteiger partial charge >= 0.3 is 6.16 Å². The summed E-state index contributed by atoms with van der Waals surface area (Å²) < 4.78 is 39.4. The first kappa shape index (κ1) is 19.4. The highest BCUT2D eigenvalue weighted by molar-refractivity contribution is 7.89. The fourth-order valence-corrected chi connectivity index (χ4v) is 6.71. The Labute approximate surface area is 174 Å². The van der Waals surface area contributed by atoms with E-state index in [0.717, 1.165) is 42.9 Å². The molecule has 3 aromatic rings. The lowest BCUT2D eigenvalue weighted by atomic mass is 9.74. The summed E-state index contributed by atoms with van der Waals surface area (Å²) in [5, 5.41) is 10.8. The van der Waals surface area contributed by atoms with Crippen LogP contribution in [0, 0.1) is 11.8 Å². The number of carboxylic acid groups (broad SMARTS) is 1. The molecular weight excluding hydrogens is 406 g/mol. The number of carbonyl (C=O) groups is 1. The minimum atomic E-state index is -3.94. The first-order valence-corrected chi connectivity index (χ1v) is 11.7. The van der Waals surface area contributed by atoms with Crippen molar-refractivity contribution in [2.45, 2.75) is 43.2 Å². The number of piperidine rings is 1. The molecule has 1 aliphatic carbocycles. The Morgan fingerprint density at radius 3 is 2.63 bits per heavy atom. The van der Waals surface area contributed by atoms with E-state index in [2.05, 4.69) is 0 Å². The first-order chi connectivity index (χ1) is 14.4. The molecule has 30 heavy (non-hydrogen) atoms. The average Bonchev–Trinajstić information content (AvgIpc) is 3.11. The van der Waals surface area contributed by atoms with Gasteiger partial charge in [-0.25, -0.2) is 13.2 Å². The number of ether oxygens (including phenoxy) is 1. The summed E-state index contributed by atoms with van der Waals surface area (Å²) in [7, 11) is -3.94. The molecule has 1 aromatic heterocycles. The number of nitrogens with zero attached hydrogens (tertiary/aromatic N) is 1. The maximum absolute atomic E-state index is 13.6.